The summed E-state index contributed by atoms with van der Waals surface area (Å²) in [5.74, 6) is 1.37. The Kier molecular flexibility index (Phi) is 7.22. The van der Waals surface area contributed by atoms with E-state index in [-0.39, 0.29) is 18.9 Å². The van der Waals surface area contributed by atoms with Crippen LogP contribution >= 0.6 is 7.82 Å². The van der Waals surface area contributed by atoms with E-state index in [9.17, 15) is 4.57 Å². The summed E-state index contributed by atoms with van der Waals surface area (Å²) in [6, 6.07) is 22.0. The van der Waals surface area contributed by atoms with Gasteiger partial charge in [-0.15, -0.1) is 0 Å². The molecule has 3 aromatic carbocycles. The summed E-state index contributed by atoms with van der Waals surface area (Å²) in [6.07, 6.45) is 0. The van der Waals surface area contributed by atoms with E-state index in [1.807, 2.05) is 75.4 Å². The molecule has 0 spiro atoms. The Morgan fingerprint density at radius 3 is 1.07 bits per heavy atom. The van der Waals surface area contributed by atoms with Crippen LogP contribution in [-0.4, -0.2) is 18.9 Å². The minimum atomic E-state index is -3.97. The first-order valence-electron chi connectivity index (χ1n) is 8.32. The molecule has 27 heavy (non-hydrogen) atoms. The van der Waals surface area contributed by atoms with Gasteiger partial charge in [0.1, 0.15) is 17.2 Å². The van der Waals surface area contributed by atoms with Crippen LogP contribution in [0.5, 0.6) is 17.2 Å². The first kappa shape index (κ1) is 21.2. The molecule has 3 aromatic rings. The molecule has 4 nitrogen and oxygen atoms in total. The molecule has 0 aliphatic carbocycles. The molecule has 0 atom stereocenters. The Hall–Kier alpha value is -2.11. The summed E-state index contributed by atoms with van der Waals surface area (Å²) in [4.78, 5) is 0. The van der Waals surface area contributed by atoms with Gasteiger partial charge in [0.2, 0.25) is 0 Å². The molecular weight excluding hydrogens is 354 g/mol. The Balaban J connectivity index is 0.00000261. The van der Waals surface area contributed by atoms with Crippen LogP contribution in [0.1, 0.15) is 16.7 Å². The van der Waals surface area contributed by atoms with Crippen LogP contribution in [0, 0.1) is 20.8 Å². The average molecular weight is 376 g/mol. The topological polar surface area (TPSA) is 44.8 Å². The van der Waals surface area contributed by atoms with Crippen molar-refractivity contribution in [2.24, 2.45) is 0 Å². The van der Waals surface area contributed by atoms with E-state index in [0.717, 1.165) is 16.7 Å². The van der Waals surface area contributed by atoms with Gasteiger partial charge >= 0.3 is 26.7 Å². The van der Waals surface area contributed by atoms with Crippen LogP contribution in [0.4, 0.5) is 0 Å². The molecule has 3 rings (SSSR count). The van der Waals surface area contributed by atoms with Gasteiger partial charge in [-0.1, -0.05) is 54.6 Å². The molecule has 0 aliphatic heterocycles. The molecule has 0 fully saturated rings. The number of hydrogen-bond donors (Lipinski definition) is 0. The van der Waals surface area contributed by atoms with Gasteiger partial charge in [-0.25, -0.2) is 0 Å². The molecule has 0 aromatic heterocycles. The van der Waals surface area contributed by atoms with Crippen molar-refractivity contribution in [1.29, 1.82) is 0 Å². The number of rotatable bonds is 6. The fraction of sp³-hybridized carbons (Fsp3) is 0.143. The first-order valence-corrected chi connectivity index (χ1v) is 9.79. The number of aryl methyl sites for hydroxylation is 3. The molecule has 136 valence electrons. The van der Waals surface area contributed by atoms with Crippen molar-refractivity contribution in [2.75, 3.05) is 0 Å². The first-order chi connectivity index (χ1) is 12.5. The second-order valence-electron chi connectivity index (χ2n) is 6.02. The quantitative estimate of drug-likeness (QED) is 0.414. The maximum atomic E-state index is 13.5. The number of hydrogen-bond acceptors (Lipinski definition) is 4. The monoisotopic (exact) mass is 376 g/mol. The third-order valence-corrected chi connectivity index (χ3v) is 5.17. The van der Waals surface area contributed by atoms with Crippen LogP contribution in [0.3, 0.4) is 0 Å². The van der Waals surface area contributed by atoms with E-state index in [4.69, 9.17) is 13.6 Å². The van der Waals surface area contributed by atoms with Crippen molar-refractivity contribution in [2.45, 2.75) is 20.8 Å². The molecule has 0 unspecified atom stereocenters. The number of benzene rings is 3. The van der Waals surface area contributed by atoms with E-state index in [0.29, 0.717) is 17.2 Å². The second-order valence-corrected chi connectivity index (χ2v) is 7.46. The zero-order valence-electron chi connectivity index (χ0n) is 15.0. The van der Waals surface area contributed by atoms with Crippen molar-refractivity contribution in [3.8, 4) is 17.2 Å². The molecule has 0 bridgehead atoms. The molecule has 0 saturated carbocycles. The summed E-state index contributed by atoms with van der Waals surface area (Å²) >= 11 is 0. The van der Waals surface area contributed by atoms with Crippen LogP contribution in [0.2, 0.25) is 0 Å². The predicted octanol–water partition coefficient (Wildman–Crippen LogP) is 5.61. The predicted molar refractivity (Wildman–Crippen MR) is 110 cm³/mol. The van der Waals surface area contributed by atoms with Crippen molar-refractivity contribution >= 4 is 26.7 Å². The average Bonchev–Trinajstić information content (AvgIpc) is 2.61. The van der Waals surface area contributed by atoms with Crippen LogP contribution in [0.15, 0.2) is 72.8 Å². The molecule has 0 radical (unpaired) electrons. The SMILES string of the molecule is Cc1ccccc1OP(=O)(Oc1ccccc1C)Oc1ccccc1C.[LiH]. The van der Waals surface area contributed by atoms with Gasteiger partial charge < -0.3 is 13.6 Å². The molecule has 0 heterocycles. The van der Waals surface area contributed by atoms with Gasteiger partial charge in [-0.3, -0.25) is 0 Å². The number of phosphoric acid groups is 1. The van der Waals surface area contributed by atoms with Crippen molar-refractivity contribution in [1.82, 2.24) is 0 Å². The summed E-state index contributed by atoms with van der Waals surface area (Å²) in [5, 5.41) is 0. The Bertz CT molecular complexity index is 836. The van der Waals surface area contributed by atoms with Crippen LogP contribution < -0.4 is 13.6 Å². The van der Waals surface area contributed by atoms with E-state index in [1.54, 1.807) is 18.2 Å². The van der Waals surface area contributed by atoms with E-state index < -0.39 is 7.82 Å². The fourth-order valence-corrected chi connectivity index (χ4v) is 3.84. The maximum absolute atomic E-state index is 13.5. The summed E-state index contributed by atoms with van der Waals surface area (Å²) < 4.78 is 30.8. The van der Waals surface area contributed by atoms with Gasteiger partial charge in [-0.2, -0.15) is 4.57 Å². The normalized spacial score (nSPS) is 10.6. The van der Waals surface area contributed by atoms with Gasteiger partial charge in [-0.05, 0) is 55.7 Å². The van der Waals surface area contributed by atoms with Crippen molar-refractivity contribution in [3.63, 3.8) is 0 Å². The summed E-state index contributed by atoms with van der Waals surface area (Å²) in [5.41, 5.74) is 2.53. The molecule has 0 N–H and O–H groups in total. The van der Waals surface area contributed by atoms with Gasteiger partial charge in [0.15, 0.2) is 0 Å². The molecule has 0 aliphatic rings. The third-order valence-electron chi connectivity index (χ3n) is 3.91. The minimum absolute atomic E-state index is 0. The molecule has 0 amide bonds. The fourth-order valence-electron chi connectivity index (χ4n) is 2.39. The zero-order valence-corrected chi connectivity index (χ0v) is 15.9. The summed E-state index contributed by atoms with van der Waals surface area (Å²) in [7, 11) is -3.97. The summed E-state index contributed by atoms with van der Waals surface area (Å²) in [6.45, 7) is 5.63. The van der Waals surface area contributed by atoms with Gasteiger partial charge in [0.25, 0.3) is 0 Å². The Morgan fingerprint density at radius 2 is 0.815 bits per heavy atom. The third kappa shape index (κ3) is 5.43. The number of phosphoric ester groups is 1. The van der Waals surface area contributed by atoms with Crippen LogP contribution in [-0.2, 0) is 4.57 Å². The molecule has 0 saturated heterocycles. The van der Waals surface area contributed by atoms with E-state index in [2.05, 4.69) is 0 Å². The standard InChI is InChI=1S/C21H21O4P.Li.H/c1-16-10-4-7-13-19(16)23-26(22,24-20-14-8-5-11-17(20)2)25-21-15-9-6-12-18(21)3;;/h4-15H,1-3H3;;. The zero-order chi connectivity index (χ0) is 18.6. The van der Waals surface area contributed by atoms with Crippen LogP contribution in [0.25, 0.3) is 0 Å². The van der Waals surface area contributed by atoms with Crippen molar-refractivity contribution < 1.29 is 18.1 Å². The van der Waals surface area contributed by atoms with Gasteiger partial charge in [0, 0.05) is 0 Å². The number of para-hydroxylation sites is 3. The Labute approximate surface area is 172 Å². The Morgan fingerprint density at radius 1 is 0.556 bits per heavy atom. The molecule has 6 heteroatoms. The van der Waals surface area contributed by atoms with E-state index in [1.165, 1.54) is 0 Å². The van der Waals surface area contributed by atoms with Crippen molar-refractivity contribution in [3.05, 3.63) is 89.5 Å². The molecular formula is C21H22LiO4P. The van der Waals surface area contributed by atoms with E-state index >= 15 is 0 Å². The van der Waals surface area contributed by atoms with Gasteiger partial charge in [0.05, 0.1) is 0 Å². The second kappa shape index (κ2) is 9.20.